The van der Waals surface area contributed by atoms with Crippen LogP contribution in [0.3, 0.4) is 0 Å². The lowest BCUT2D eigenvalue weighted by atomic mass is 10.2. The van der Waals surface area contributed by atoms with Gasteiger partial charge in [0.2, 0.25) is 0 Å². The molecule has 0 radical (unpaired) electrons. The van der Waals surface area contributed by atoms with Crippen LogP contribution in [-0.2, 0) is 6.54 Å². The molecule has 0 aliphatic heterocycles. The Morgan fingerprint density at radius 1 is 1.00 bits per heavy atom. The van der Waals surface area contributed by atoms with Crippen molar-refractivity contribution >= 4 is 17.4 Å². The van der Waals surface area contributed by atoms with E-state index in [1.807, 2.05) is 38.1 Å². The monoisotopic (exact) mass is 287 g/mol. The predicted molar refractivity (Wildman–Crippen MR) is 87.8 cm³/mol. The minimum Gasteiger partial charge on any atom is -0.491 e. The minimum absolute atomic E-state index is 0.212. The molecule has 0 aliphatic carbocycles. The Balaban J connectivity index is 1.89. The van der Waals surface area contributed by atoms with Crippen LogP contribution in [-0.4, -0.2) is 12.4 Å². The molecule has 2 rings (SSSR count). The second-order valence-corrected chi connectivity index (χ2v) is 5.77. The molecule has 2 aromatic carbocycles. The number of thioether (sulfide) groups is 1. The van der Waals surface area contributed by atoms with Crippen LogP contribution in [0, 0.1) is 0 Å². The summed E-state index contributed by atoms with van der Waals surface area (Å²) in [6.07, 6.45) is 2.30. The van der Waals surface area contributed by atoms with Crippen molar-refractivity contribution < 1.29 is 4.74 Å². The van der Waals surface area contributed by atoms with Crippen molar-refractivity contribution in [1.29, 1.82) is 0 Å². The number of benzene rings is 2. The molecule has 0 spiro atoms. The second-order valence-electron chi connectivity index (χ2n) is 4.89. The van der Waals surface area contributed by atoms with Crippen molar-refractivity contribution in [2.24, 2.45) is 0 Å². The Bertz CT molecular complexity index is 520. The lowest BCUT2D eigenvalue weighted by Gasteiger charge is -2.11. The fourth-order valence-corrected chi connectivity index (χ4v) is 2.28. The highest BCUT2D eigenvalue weighted by Crippen LogP contribution is 2.18. The predicted octanol–water partition coefficient (Wildman–Crippen LogP) is 4.81. The second kappa shape index (κ2) is 7.25. The summed E-state index contributed by atoms with van der Waals surface area (Å²) < 4.78 is 5.63. The summed E-state index contributed by atoms with van der Waals surface area (Å²) in [6.45, 7) is 4.90. The van der Waals surface area contributed by atoms with Crippen molar-refractivity contribution in [1.82, 2.24) is 0 Å². The fourth-order valence-electron chi connectivity index (χ4n) is 1.87. The highest BCUT2D eigenvalue weighted by Gasteiger charge is 1.98. The van der Waals surface area contributed by atoms with Crippen LogP contribution >= 0.6 is 11.8 Å². The SMILES string of the molecule is CSc1ccc(CNc2ccc(OC(C)C)cc2)cc1. The van der Waals surface area contributed by atoms with Gasteiger partial charge < -0.3 is 10.1 Å². The maximum absolute atomic E-state index is 5.63. The quantitative estimate of drug-likeness (QED) is 0.771. The van der Waals surface area contributed by atoms with Crippen molar-refractivity contribution in [3.63, 3.8) is 0 Å². The largest absolute Gasteiger partial charge is 0.491 e. The Morgan fingerprint density at radius 2 is 1.65 bits per heavy atom. The van der Waals surface area contributed by atoms with Crippen molar-refractivity contribution in [2.45, 2.75) is 31.4 Å². The van der Waals surface area contributed by atoms with E-state index in [1.165, 1.54) is 10.5 Å². The molecule has 0 unspecified atom stereocenters. The smallest absolute Gasteiger partial charge is 0.119 e. The molecule has 0 saturated carbocycles. The van der Waals surface area contributed by atoms with Crippen molar-refractivity contribution in [2.75, 3.05) is 11.6 Å². The van der Waals surface area contributed by atoms with E-state index < -0.39 is 0 Å². The van der Waals surface area contributed by atoms with E-state index in [1.54, 1.807) is 11.8 Å². The Labute approximate surface area is 125 Å². The number of hydrogen-bond acceptors (Lipinski definition) is 3. The van der Waals surface area contributed by atoms with Gasteiger partial charge in [-0.25, -0.2) is 0 Å². The molecule has 0 heterocycles. The van der Waals surface area contributed by atoms with Crippen molar-refractivity contribution in [3.8, 4) is 5.75 Å². The van der Waals surface area contributed by atoms with E-state index >= 15 is 0 Å². The molecule has 3 heteroatoms. The zero-order valence-corrected chi connectivity index (χ0v) is 13.0. The Kier molecular flexibility index (Phi) is 5.36. The first-order valence-electron chi connectivity index (χ1n) is 6.81. The molecule has 2 aromatic rings. The number of hydrogen-bond donors (Lipinski definition) is 1. The molecular weight excluding hydrogens is 266 g/mol. The first-order valence-corrected chi connectivity index (χ1v) is 8.03. The summed E-state index contributed by atoms with van der Waals surface area (Å²) in [5, 5.41) is 3.42. The zero-order valence-electron chi connectivity index (χ0n) is 12.2. The third-order valence-electron chi connectivity index (χ3n) is 2.88. The third-order valence-corrected chi connectivity index (χ3v) is 3.63. The van der Waals surface area contributed by atoms with Gasteiger partial charge in [-0.1, -0.05) is 12.1 Å². The minimum atomic E-state index is 0.212. The molecular formula is C17H21NOS. The summed E-state index contributed by atoms with van der Waals surface area (Å²) in [6, 6.07) is 16.7. The molecule has 20 heavy (non-hydrogen) atoms. The highest BCUT2D eigenvalue weighted by molar-refractivity contribution is 7.98. The molecule has 0 aromatic heterocycles. The molecule has 0 fully saturated rings. The molecule has 0 atom stereocenters. The normalized spacial score (nSPS) is 10.6. The van der Waals surface area contributed by atoms with E-state index in [9.17, 15) is 0 Å². The summed E-state index contributed by atoms with van der Waals surface area (Å²) in [4.78, 5) is 1.30. The van der Waals surface area contributed by atoms with Crippen LogP contribution in [0.4, 0.5) is 5.69 Å². The van der Waals surface area contributed by atoms with E-state index in [2.05, 4.69) is 35.8 Å². The van der Waals surface area contributed by atoms with E-state index in [0.717, 1.165) is 18.0 Å². The van der Waals surface area contributed by atoms with E-state index in [-0.39, 0.29) is 6.10 Å². The summed E-state index contributed by atoms with van der Waals surface area (Å²) in [7, 11) is 0. The zero-order chi connectivity index (χ0) is 14.4. The van der Waals surface area contributed by atoms with Crippen LogP contribution in [0.2, 0.25) is 0 Å². The molecule has 2 nitrogen and oxygen atoms in total. The number of anilines is 1. The van der Waals surface area contributed by atoms with Crippen LogP contribution in [0.15, 0.2) is 53.4 Å². The first-order chi connectivity index (χ1) is 9.67. The van der Waals surface area contributed by atoms with Gasteiger partial charge in [0.1, 0.15) is 5.75 Å². The van der Waals surface area contributed by atoms with Gasteiger partial charge in [-0.2, -0.15) is 0 Å². The molecule has 1 N–H and O–H groups in total. The first kappa shape index (κ1) is 14.8. The summed E-state index contributed by atoms with van der Waals surface area (Å²) in [5.41, 5.74) is 2.39. The van der Waals surface area contributed by atoms with Crippen molar-refractivity contribution in [3.05, 3.63) is 54.1 Å². The van der Waals surface area contributed by atoms with Gasteiger partial charge in [-0.15, -0.1) is 11.8 Å². The van der Waals surface area contributed by atoms with Gasteiger partial charge in [0.25, 0.3) is 0 Å². The molecule has 0 bridgehead atoms. The number of ether oxygens (including phenoxy) is 1. The Hall–Kier alpha value is -1.61. The van der Waals surface area contributed by atoms with Gasteiger partial charge in [-0.3, -0.25) is 0 Å². The molecule has 0 saturated heterocycles. The topological polar surface area (TPSA) is 21.3 Å². The maximum Gasteiger partial charge on any atom is 0.119 e. The average molecular weight is 287 g/mol. The highest BCUT2D eigenvalue weighted by atomic mass is 32.2. The standard InChI is InChI=1S/C17H21NOS/c1-13(2)19-16-8-6-15(7-9-16)18-12-14-4-10-17(20-3)11-5-14/h4-11,13,18H,12H2,1-3H3. The Morgan fingerprint density at radius 3 is 2.20 bits per heavy atom. The summed E-state index contributed by atoms with van der Waals surface area (Å²) >= 11 is 1.76. The molecule has 0 aliphatic rings. The van der Waals surface area contributed by atoms with Gasteiger partial charge >= 0.3 is 0 Å². The van der Waals surface area contributed by atoms with Crippen LogP contribution < -0.4 is 10.1 Å². The van der Waals surface area contributed by atoms with E-state index in [0.29, 0.717) is 0 Å². The van der Waals surface area contributed by atoms with Crippen LogP contribution in [0.25, 0.3) is 0 Å². The van der Waals surface area contributed by atoms with Gasteiger partial charge in [-0.05, 0) is 62.1 Å². The molecule has 0 amide bonds. The summed E-state index contributed by atoms with van der Waals surface area (Å²) in [5.74, 6) is 0.912. The number of nitrogens with one attached hydrogen (secondary N) is 1. The van der Waals surface area contributed by atoms with Gasteiger partial charge in [0.15, 0.2) is 0 Å². The van der Waals surface area contributed by atoms with Gasteiger partial charge in [0.05, 0.1) is 6.10 Å². The lowest BCUT2D eigenvalue weighted by molar-refractivity contribution is 0.242. The third kappa shape index (κ3) is 4.49. The van der Waals surface area contributed by atoms with Crippen LogP contribution in [0.5, 0.6) is 5.75 Å². The number of rotatable bonds is 6. The fraction of sp³-hybridized carbons (Fsp3) is 0.294. The van der Waals surface area contributed by atoms with E-state index in [4.69, 9.17) is 4.74 Å². The average Bonchev–Trinajstić information content (AvgIpc) is 2.46. The van der Waals surface area contributed by atoms with Crippen LogP contribution in [0.1, 0.15) is 19.4 Å². The lowest BCUT2D eigenvalue weighted by Crippen LogP contribution is -2.05. The van der Waals surface area contributed by atoms with Gasteiger partial charge in [0, 0.05) is 17.1 Å². The molecule has 106 valence electrons. The maximum atomic E-state index is 5.63.